The molecule has 0 unspecified atom stereocenters. The summed E-state index contributed by atoms with van der Waals surface area (Å²) in [6.45, 7) is 3.04. The van der Waals surface area contributed by atoms with Gasteiger partial charge >= 0.3 is 0 Å². The quantitative estimate of drug-likeness (QED) is 0.595. The van der Waals surface area contributed by atoms with Crippen LogP contribution >= 0.6 is 0 Å². The number of hydrogen-bond donors (Lipinski definition) is 1. The third kappa shape index (κ3) is 7.07. The lowest BCUT2D eigenvalue weighted by molar-refractivity contribution is 0.0178. The predicted molar refractivity (Wildman–Crippen MR) is 69.2 cm³/mol. The number of ether oxygens (including phenoxy) is 4. The largest absolute Gasteiger partial charge is 0.489 e. The SMILES string of the molecule is COCCOCCOCCOc1cnccc1CO. The van der Waals surface area contributed by atoms with Crippen LogP contribution in [-0.2, 0) is 20.8 Å². The van der Waals surface area contributed by atoms with E-state index in [0.717, 1.165) is 5.56 Å². The fourth-order valence-electron chi connectivity index (χ4n) is 1.34. The summed E-state index contributed by atoms with van der Waals surface area (Å²) in [6, 6.07) is 1.72. The number of aliphatic hydroxyl groups excluding tert-OH is 1. The monoisotopic (exact) mass is 271 g/mol. The average Bonchev–Trinajstić information content (AvgIpc) is 2.46. The van der Waals surface area contributed by atoms with Crippen molar-refractivity contribution in [3.05, 3.63) is 24.0 Å². The van der Waals surface area contributed by atoms with Crippen LogP contribution in [0.3, 0.4) is 0 Å². The summed E-state index contributed by atoms with van der Waals surface area (Å²) in [5, 5.41) is 9.10. The van der Waals surface area contributed by atoms with Crippen LogP contribution in [0.5, 0.6) is 5.75 Å². The van der Waals surface area contributed by atoms with Gasteiger partial charge in [-0.05, 0) is 6.07 Å². The van der Waals surface area contributed by atoms with Crippen LogP contribution in [-0.4, -0.2) is 56.8 Å². The van der Waals surface area contributed by atoms with Crippen molar-refractivity contribution in [3.63, 3.8) is 0 Å². The van der Waals surface area contributed by atoms with Gasteiger partial charge in [-0.25, -0.2) is 0 Å². The normalized spacial score (nSPS) is 10.6. The minimum atomic E-state index is -0.0634. The second-order valence-corrected chi connectivity index (χ2v) is 3.71. The van der Waals surface area contributed by atoms with E-state index < -0.39 is 0 Å². The van der Waals surface area contributed by atoms with Gasteiger partial charge in [0.15, 0.2) is 0 Å². The lowest BCUT2D eigenvalue weighted by atomic mass is 10.2. The standard InChI is InChI=1S/C13H21NO5/c1-16-4-5-17-6-7-18-8-9-19-13-10-14-3-2-12(13)11-15/h2-3,10,15H,4-9,11H2,1H3. The van der Waals surface area contributed by atoms with E-state index in [2.05, 4.69) is 4.98 Å². The molecule has 0 amide bonds. The van der Waals surface area contributed by atoms with E-state index in [9.17, 15) is 0 Å². The van der Waals surface area contributed by atoms with Gasteiger partial charge in [-0.1, -0.05) is 0 Å². The van der Waals surface area contributed by atoms with Crippen LogP contribution in [0, 0.1) is 0 Å². The summed E-state index contributed by atoms with van der Waals surface area (Å²) in [5.74, 6) is 0.588. The van der Waals surface area contributed by atoms with E-state index in [-0.39, 0.29) is 6.61 Å². The lowest BCUT2D eigenvalue weighted by Gasteiger charge is -2.09. The van der Waals surface area contributed by atoms with E-state index in [0.29, 0.717) is 45.4 Å². The molecule has 6 nitrogen and oxygen atoms in total. The zero-order chi connectivity index (χ0) is 13.8. The number of pyridine rings is 1. The molecule has 0 spiro atoms. The molecule has 1 heterocycles. The van der Waals surface area contributed by atoms with Crippen LogP contribution in [0.4, 0.5) is 0 Å². The van der Waals surface area contributed by atoms with E-state index in [1.54, 1.807) is 25.6 Å². The molecule has 0 aliphatic carbocycles. The summed E-state index contributed by atoms with van der Waals surface area (Å²) in [6.07, 6.45) is 3.20. The number of aliphatic hydroxyl groups is 1. The number of hydrogen-bond acceptors (Lipinski definition) is 6. The van der Waals surface area contributed by atoms with Crippen molar-refractivity contribution in [3.8, 4) is 5.75 Å². The van der Waals surface area contributed by atoms with Crippen molar-refractivity contribution in [2.45, 2.75) is 6.61 Å². The van der Waals surface area contributed by atoms with Gasteiger partial charge in [0.05, 0.1) is 45.8 Å². The van der Waals surface area contributed by atoms with Crippen LogP contribution < -0.4 is 4.74 Å². The van der Waals surface area contributed by atoms with Crippen LogP contribution in [0.15, 0.2) is 18.5 Å². The number of aromatic nitrogens is 1. The lowest BCUT2D eigenvalue weighted by Crippen LogP contribution is -2.12. The Morgan fingerprint density at radius 1 is 1.05 bits per heavy atom. The molecule has 19 heavy (non-hydrogen) atoms. The third-order valence-electron chi connectivity index (χ3n) is 2.33. The number of rotatable bonds is 11. The Morgan fingerprint density at radius 2 is 1.74 bits per heavy atom. The Balaban J connectivity index is 2.01. The molecule has 0 saturated heterocycles. The van der Waals surface area contributed by atoms with Gasteiger partial charge in [-0.2, -0.15) is 0 Å². The van der Waals surface area contributed by atoms with Gasteiger partial charge < -0.3 is 24.1 Å². The summed E-state index contributed by atoms with van der Waals surface area (Å²) in [7, 11) is 1.64. The third-order valence-corrected chi connectivity index (χ3v) is 2.33. The van der Waals surface area contributed by atoms with Crippen LogP contribution in [0.25, 0.3) is 0 Å². The van der Waals surface area contributed by atoms with Crippen LogP contribution in [0.1, 0.15) is 5.56 Å². The molecule has 0 atom stereocenters. The van der Waals surface area contributed by atoms with Crippen LogP contribution in [0.2, 0.25) is 0 Å². The zero-order valence-corrected chi connectivity index (χ0v) is 11.2. The van der Waals surface area contributed by atoms with Crippen molar-refractivity contribution >= 4 is 0 Å². The highest BCUT2D eigenvalue weighted by Gasteiger charge is 2.01. The number of nitrogens with zero attached hydrogens (tertiary/aromatic N) is 1. The molecule has 0 aliphatic rings. The molecule has 1 aromatic rings. The Morgan fingerprint density at radius 3 is 2.42 bits per heavy atom. The maximum atomic E-state index is 9.10. The molecule has 6 heteroatoms. The highest BCUT2D eigenvalue weighted by Crippen LogP contribution is 2.15. The maximum absolute atomic E-state index is 9.10. The first-order chi connectivity index (χ1) is 9.38. The van der Waals surface area contributed by atoms with Gasteiger partial charge in [0.1, 0.15) is 12.4 Å². The molecule has 0 fully saturated rings. The first kappa shape index (κ1) is 15.8. The van der Waals surface area contributed by atoms with Gasteiger partial charge in [0, 0.05) is 18.9 Å². The van der Waals surface area contributed by atoms with Crippen molar-refractivity contribution in [2.75, 3.05) is 46.8 Å². The van der Waals surface area contributed by atoms with E-state index in [1.165, 1.54) is 0 Å². The number of methoxy groups -OCH3 is 1. The predicted octanol–water partition coefficient (Wildman–Crippen LogP) is 0.632. The fraction of sp³-hybridized carbons (Fsp3) is 0.615. The molecule has 0 aliphatic heterocycles. The summed E-state index contributed by atoms with van der Waals surface area (Å²) >= 11 is 0. The van der Waals surface area contributed by atoms with Gasteiger partial charge in [0.2, 0.25) is 0 Å². The minimum absolute atomic E-state index is 0.0634. The summed E-state index contributed by atoms with van der Waals surface area (Å²) in [5.41, 5.74) is 0.720. The van der Waals surface area contributed by atoms with E-state index in [4.69, 9.17) is 24.1 Å². The molecule has 0 bridgehead atoms. The van der Waals surface area contributed by atoms with Gasteiger partial charge in [0.25, 0.3) is 0 Å². The molecule has 0 saturated carbocycles. The Kier molecular flexibility index (Phi) is 8.91. The highest BCUT2D eigenvalue weighted by molar-refractivity contribution is 5.28. The molecule has 108 valence electrons. The topological polar surface area (TPSA) is 70.0 Å². The van der Waals surface area contributed by atoms with Gasteiger partial charge in [-0.3, -0.25) is 4.98 Å². The molecule has 0 aromatic carbocycles. The fourth-order valence-corrected chi connectivity index (χ4v) is 1.34. The Hall–Kier alpha value is -1.21. The summed E-state index contributed by atoms with van der Waals surface area (Å²) < 4.78 is 20.9. The van der Waals surface area contributed by atoms with Gasteiger partial charge in [-0.15, -0.1) is 0 Å². The van der Waals surface area contributed by atoms with Crippen molar-refractivity contribution < 1.29 is 24.1 Å². The molecular weight excluding hydrogens is 250 g/mol. The summed E-state index contributed by atoms with van der Waals surface area (Å²) in [4.78, 5) is 3.94. The molecule has 1 aromatic heterocycles. The molecular formula is C13H21NO5. The molecule has 1 N–H and O–H groups in total. The first-order valence-electron chi connectivity index (χ1n) is 6.19. The Labute approximate surface area is 113 Å². The molecule has 0 radical (unpaired) electrons. The maximum Gasteiger partial charge on any atom is 0.143 e. The first-order valence-corrected chi connectivity index (χ1v) is 6.19. The average molecular weight is 271 g/mol. The second-order valence-electron chi connectivity index (χ2n) is 3.71. The minimum Gasteiger partial charge on any atom is -0.489 e. The van der Waals surface area contributed by atoms with E-state index >= 15 is 0 Å². The van der Waals surface area contributed by atoms with Crippen molar-refractivity contribution in [1.29, 1.82) is 0 Å². The smallest absolute Gasteiger partial charge is 0.143 e. The second kappa shape index (κ2) is 10.7. The van der Waals surface area contributed by atoms with Crippen molar-refractivity contribution in [2.24, 2.45) is 0 Å². The zero-order valence-electron chi connectivity index (χ0n) is 11.2. The highest BCUT2D eigenvalue weighted by atomic mass is 16.6. The van der Waals surface area contributed by atoms with Crippen molar-refractivity contribution in [1.82, 2.24) is 4.98 Å². The molecule has 1 rings (SSSR count). The van der Waals surface area contributed by atoms with E-state index in [1.807, 2.05) is 0 Å². The Bertz CT molecular complexity index is 335.